The fourth-order valence-corrected chi connectivity index (χ4v) is 2.09. The third kappa shape index (κ3) is 2.34. The zero-order chi connectivity index (χ0) is 14.1. The minimum absolute atomic E-state index is 0.329. The van der Waals surface area contributed by atoms with Gasteiger partial charge in [0.1, 0.15) is 19.0 Å². The number of hydrogen-bond donors (Lipinski definition) is 2. The van der Waals surface area contributed by atoms with Gasteiger partial charge in [0.05, 0.1) is 17.1 Å². The highest BCUT2D eigenvalue weighted by atomic mass is 19.1. The van der Waals surface area contributed by atoms with E-state index in [1.165, 1.54) is 6.07 Å². The number of nitrogens with two attached hydrogens (primary N) is 1. The van der Waals surface area contributed by atoms with Crippen LogP contribution in [0.3, 0.4) is 0 Å². The molecule has 0 unspecified atom stereocenters. The minimum atomic E-state index is -0.329. The van der Waals surface area contributed by atoms with Crippen LogP contribution in [0.15, 0.2) is 30.3 Å². The largest absolute Gasteiger partial charge is 0.486 e. The Bertz CT molecular complexity index is 659. The molecule has 0 spiro atoms. The van der Waals surface area contributed by atoms with Crippen molar-refractivity contribution < 1.29 is 13.9 Å². The van der Waals surface area contributed by atoms with Gasteiger partial charge in [-0.3, -0.25) is 0 Å². The summed E-state index contributed by atoms with van der Waals surface area (Å²) in [5.41, 5.74) is 8.38. The number of ether oxygens (including phenoxy) is 2. The van der Waals surface area contributed by atoms with Crippen molar-refractivity contribution in [2.45, 2.75) is 6.92 Å². The maximum absolute atomic E-state index is 13.8. The second-order valence-electron chi connectivity index (χ2n) is 4.69. The first-order valence-electron chi connectivity index (χ1n) is 6.36. The van der Waals surface area contributed by atoms with Gasteiger partial charge in [0.15, 0.2) is 11.5 Å². The summed E-state index contributed by atoms with van der Waals surface area (Å²) in [6, 6.07) is 8.28. The van der Waals surface area contributed by atoms with Crippen molar-refractivity contribution >= 4 is 17.1 Å². The Kier molecular flexibility index (Phi) is 3.10. The first-order valence-corrected chi connectivity index (χ1v) is 6.36. The van der Waals surface area contributed by atoms with Crippen molar-refractivity contribution in [3.63, 3.8) is 0 Å². The lowest BCUT2D eigenvalue weighted by molar-refractivity contribution is 0.172. The van der Waals surface area contributed by atoms with Gasteiger partial charge in [0.25, 0.3) is 0 Å². The highest BCUT2D eigenvalue weighted by Crippen LogP contribution is 2.38. The Balaban J connectivity index is 1.96. The molecule has 0 fully saturated rings. The Morgan fingerprint density at radius 3 is 2.50 bits per heavy atom. The van der Waals surface area contributed by atoms with Crippen LogP contribution in [0.25, 0.3) is 0 Å². The molecule has 1 heterocycles. The van der Waals surface area contributed by atoms with Crippen molar-refractivity contribution in [3.8, 4) is 11.5 Å². The van der Waals surface area contributed by atoms with Crippen LogP contribution in [0.1, 0.15) is 5.56 Å². The molecule has 2 aromatic rings. The standard InChI is InChI=1S/C15H15FN2O2/c1-9-2-3-10(16)12(6-9)18-13-8-15-14(7-11(13)17)19-4-5-20-15/h2-3,6-8,18H,4-5,17H2,1H3. The summed E-state index contributed by atoms with van der Waals surface area (Å²) in [5.74, 6) is 0.898. The quantitative estimate of drug-likeness (QED) is 0.825. The van der Waals surface area contributed by atoms with Crippen LogP contribution in [-0.4, -0.2) is 13.2 Å². The molecule has 3 rings (SSSR count). The van der Waals surface area contributed by atoms with Crippen LogP contribution in [0, 0.1) is 12.7 Å². The van der Waals surface area contributed by atoms with E-state index in [1.54, 1.807) is 24.3 Å². The predicted octanol–water partition coefficient (Wildman–Crippen LogP) is 3.23. The fourth-order valence-electron chi connectivity index (χ4n) is 2.09. The van der Waals surface area contributed by atoms with Crippen LogP contribution in [0.4, 0.5) is 21.5 Å². The summed E-state index contributed by atoms with van der Waals surface area (Å²) < 4.78 is 24.7. The molecule has 5 heteroatoms. The molecule has 1 aliphatic rings. The zero-order valence-electron chi connectivity index (χ0n) is 11.1. The number of nitrogen functional groups attached to an aromatic ring is 1. The summed E-state index contributed by atoms with van der Waals surface area (Å²) in [4.78, 5) is 0. The molecule has 0 saturated carbocycles. The van der Waals surface area contributed by atoms with Crippen LogP contribution in [-0.2, 0) is 0 Å². The van der Waals surface area contributed by atoms with Crippen LogP contribution >= 0.6 is 0 Å². The van der Waals surface area contributed by atoms with Crippen molar-refractivity contribution in [1.29, 1.82) is 0 Å². The van der Waals surface area contributed by atoms with Gasteiger partial charge in [-0.05, 0) is 24.6 Å². The summed E-state index contributed by atoms with van der Waals surface area (Å²) in [6.45, 7) is 2.90. The summed E-state index contributed by atoms with van der Waals surface area (Å²) >= 11 is 0. The third-order valence-corrected chi connectivity index (χ3v) is 3.11. The molecule has 4 nitrogen and oxygen atoms in total. The lowest BCUT2D eigenvalue weighted by atomic mass is 10.2. The predicted molar refractivity (Wildman–Crippen MR) is 76.3 cm³/mol. The van der Waals surface area contributed by atoms with Crippen LogP contribution in [0.5, 0.6) is 11.5 Å². The number of fused-ring (bicyclic) bond motifs is 1. The van der Waals surface area contributed by atoms with E-state index >= 15 is 0 Å². The molecule has 0 atom stereocenters. The Morgan fingerprint density at radius 1 is 1.05 bits per heavy atom. The SMILES string of the molecule is Cc1ccc(F)c(Nc2cc3c(cc2N)OCCO3)c1. The van der Waals surface area contributed by atoms with E-state index in [9.17, 15) is 4.39 Å². The molecule has 0 radical (unpaired) electrons. The number of anilines is 3. The minimum Gasteiger partial charge on any atom is -0.486 e. The van der Waals surface area contributed by atoms with E-state index < -0.39 is 0 Å². The summed E-state index contributed by atoms with van der Waals surface area (Å²) in [5, 5.41) is 3.00. The number of hydrogen-bond acceptors (Lipinski definition) is 4. The molecule has 2 aromatic carbocycles. The molecular weight excluding hydrogens is 259 g/mol. The van der Waals surface area contributed by atoms with Gasteiger partial charge in [0, 0.05) is 12.1 Å². The fraction of sp³-hybridized carbons (Fsp3) is 0.200. The molecule has 0 saturated heterocycles. The van der Waals surface area contributed by atoms with E-state index in [0.717, 1.165) is 5.56 Å². The topological polar surface area (TPSA) is 56.5 Å². The maximum atomic E-state index is 13.8. The van der Waals surface area contributed by atoms with Gasteiger partial charge in [-0.2, -0.15) is 0 Å². The average molecular weight is 274 g/mol. The third-order valence-electron chi connectivity index (χ3n) is 3.11. The second kappa shape index (κ2) is 4.92. The molecule has 20 heavy (non-hydrogen) atoms. The molecule has 0 bridgehead atoms. The Hall–Kier alpha value is -2.43. The van der Waals surface area contributed by atoms with E-state index in [1.807, 2.05) is 6.92 Å². The molecule has 3 N–H and O–H groups in total. The van der Waals surface area contributed by atoms with Gasteiger partial charge in [-0.15, -0.1) is 0 Å². The van der Waals surface area contributed by atoms with Gasteiger partial charge in [-0.25, -0.2) is 4.39 Å². The molecule has 104 valence electrons. The highest BCUT2D eigenvalue weighted by Gasteiger charge is 2.15. The molecule has 0 aromatic heterocycles. The first kappa shape index (κ1) is 12.6. The average Bonchev–Trinajstić information content (AvgIpc) is 2.43. The highest BCUT2D eigenvalue weighted by molar-refractivity contribution is 5.77. The Morgan fingerprint density at radius 2 is 1.75 bits per heavy atom. The summed E-state index contributed by atoms with van der Waals surface area (Å²) in [6.07, 6.45) is 0. The summed E-state index contributed by atoms with van der Waals surface area (Å²) in [7, 11) is 0. The number of benzene rings is 2. The van der Waals surface area contributed by atoms with E-state index in [-0.39, 0.29) is 5.82 Å². The van der Waals surface area contributed by atoms with Crippen LogP contribution in [0.2, 0.25) is 0 Å². The number of halogens is 1. The number of rotatable bonds is 2. The lowest BCUT2D eigenvalue weighted by Crippen LogP contribution is -2.15. The molecule has 1 aliphatic heterocycles. The normalized spacial score (nSPS) is 13.1. The van der Waals surface area contributed by atoms with Gasteiger partial charge >= 0.3 is 0 Å². The van der Waals surface area contributed by atoms with E-state index in [4.69, 9.17) is 15.2 Å². The van der Waals surface area contributed by atoms with E-state index in [0.29, 0.717) is 41.8 Å². The smallest absolute Gasteiger partial charge is 0.163 e. The van der Waals surface area contributed by atoms with Crippen molar-refractivity contribution in [1.82, 2.24) is 0 Å². The monoisotopic (exact) mass is 274 g/mol. The molecule has 0 amide bonds. The van der Waals surface area contributed by atoms with Crippen molar-refractivity contribution in [2.24, 2.45) is 0 Å². The molecular formula is C15H15FN2O2. The lowest BCUT2D eigenvalue weighted by Gasteiger charge is -2.20. The first-order chi connectivity index (χ1) is 9.63. The second-order valence-corrected chi connectivity index (χ2v) is 4.69. The number of aryl methyl sites for hydroxylation is 1. The van der Waals surface area contributed by atoms with Crippen molar-refractivity contribution in [3.05, 3.63) is 41.7 Å². The van der Waals surface area contributed by atoms with Gasteiger partial charge in [0.2, 0.25) is 0 Å². The Labute approximate surface area is 116 Å². The molecule has 0 aliphatic carbocycles. The van der Waals surface area contributed by atoms with E-state index in [2.05, 4.69) is 5.32 Å². The zero-order valence-corrected chi connectivity index (χ0v) is 11.1. The van der Waals surface area contributed by atoms with Crippen LogP contribution < -0.4 is 20.5 Å². The maximum Gasteiger partial charge on any atom is 0.163 e. The van der Waals surface area contributed by atoms with Crippen molar-refractivity contribution in [2.75, 3.05) is 24.3 Å². The number of nitrogens with one attached hydrogen (secondary N) is 1. The van der Waals surface area contributed by atoms with Gasteiger partial charge < -0.3 is 20.5 Å². The van der Waals surface area contributed by atoms with Gasteiger partial charge in [-0.1, -0.05) is 6.07 Å².